The summed E-state index contributed by atoms with van der Waals surface area (Å²) in [4.78, 5) is 10.6. The number of carbonyl (C=O) groups is 1. The SMILES string of the molecule is O=C(O)c1sccc1S(=O)(=O)NCC1CCCC(O)C1. The summed E-state index contributed by atoms with van der Waals surface area (Å²) in [6.07, 6.45) is 2.73. The quantitative estimate of drug-likeness (QED) is 0.758. The van der Waals surface area contributed by atoms with Crippen LogP contribution in [0.25, 0.3) is 0 Å². The summed E-state index contributed by atoms with van der Waals surface area (Å²) in [6, 6.07) is 1.30. The van der Waals surface area contributed by atoms with E-state index in [0.717, 1.165) is 30.6 Å². The summed E-state index contributed by atoms with van der Waals surface area (Å²) in [5.74, 6) is -1.14. The largest absolute Gasteiger partial charge is 0.477 e. The number of rotatable bonds is 5. The minimum Gasteiger partial charge on any atom is -0.477 e. The molecule has 1 fully saturated rings. The van der Waals surface area contributed by atoms with Crippen LogP contribution in [0.2, 0.25) is 0 Å². The van der Waals surface area contributed by atoms with Crippen molar-refractivity contribution in [1.82, 2.24) is 4.72 Å². The lowest BCUT2D eigenvalue weighted by molar-refractivity contribution is 0.0698. The number of carboxylic acids is 1. The zero-order chi connectivity index (χ0) is 14.8. The molecule has 1 saturated carbocycles. The monoisotopic (exact) mass is 319 g/mol. The van der Waals surface area contributed by atoms with Gasteiger partial charge >= 0.3 is 5.97 Å². The van der Waals surface area contributed by atoms with Crippen molar-refractivity contribution in [3.05, 3.63) is 16.3 Å². The Morgan fingerprint density at radius 2 is 2.20 bits per heavy atom. The fourth-order valence-corrected chi connectivity index (χ4v) is 4.79. The van der Waals surface area contributed by atoms with Crippen molar-refractivity contribution in [2.75, 3.05) is 6.54 Å². The van der Waals surface area contributed by atoms with Crippen LogP contribution in [0.15, 0.2) is 16.3 Å². The normalized spacial score (nSPS) is 23.6. The maximum Gasteiger partial charge on any atom is 0.347 e. The molecule has 0 amide bonds. The zero-order valence-electron chi connectivity index (χ0n) is 10.8. The Hall–Kier alpha value is -0.960. The Morgan fingerprint density at radius 1 is 1.45 bits per heavy atom. The van der Waals surface area contributed by atoms with E-state index < -0.39 is 16.0 Å². The molecule has 1 aromatic heterocycles. The summed E-state index contributed by atoms with van der Waals surface area (Å²) in [7, 11) is -3.81. The molecule has 1 aliphatic rings. The molecule has 8 heteroatoms. The fourth-order valence-electron chi connectivity index (χ4n) is 2.42. The van der Waals surface area contributed by atoms with Crippen molar-refractivity contribution in [2.24, 2.45) is 5.92 Å². The standard InChI is InChI=1S/C12H17NO5S2/c14-9-3-1-2-8(6-9)7-13-20(17,18)10-4-5-19-11(10)12(15)16/h4-5,8-9,13-14H,1-3,6-7H2,(H,15,16). The highest BCUT2D eigenvalue weighted by molar-refractivity contribution is 7.89. The van der Waals surface area contributed by atoms with E-state index in [2.05, 4.69) is 4.72 Å². The van der Waals surface area contributed by atoms with Crippen molar-refractivity contribution in [3.8, 4) is 0 Å². The fraction of sp³-hybridized carbons (Fsp3) is 0.583. The molecule has 1 aliphatic carbocycles. The third-order valence-corrected chi connectivity index (χ3v) is 5.93. The lowest BCUT2D eigenvalue weighted by Gasteiger charge is -2.25. The lowest BCUT2D eigenvalue weighted by Crippen LogP contribution is -2.33. The van der Waals surface area contributed by atoms with E-state index in [-0.39, 0.29) is 28.3 Å². The predicted molar refractivity (Wildman–Crippen MR) is 74.4 cm³/mol. The number of aromatic carboxylic acids is 1. The van der Waals surface area contributed by atoms with Crippen LogP contribution in [0, 0.1) is 5.92 Å². The van der Waals surface area contributed by atoms with Crippen molar-refractivity contribution >= 4 is 27.3 Å². The molecule has 2 unspecified atom stereocenters. The van der Waals surface area contributed by atoms with Gasteiger partial charge in [-0.25, -0.2) is 17.9 Å². The van der Waals surface area contributed by atoms with Gasteiger partial charge in [0.25, 0.3) is 0 Å². The Balaban J connectivity index is 2.04. The van der Waals surface area contributed by atoms with Crippen molar-refractivity contribution in [2.45, 2.75) is 36.7 Å². The second kappa shape index (κ2) is 6.21. The van der Waals surface area contributed by atoms with Gasteiger partial charge in [-0.3, -0.25) is 0 Å². The molecular formula is C12H17NO5S2. The number of hydrogen-bond acceptors (Lipinski definition) is 5. The van der Waals surface area contributed by atoms with E-state index in [1.54, 1.807) is 0 Å². The number of carboxylic acid groups (broad SMARTS) is 1. The topological polar surface area (TPSA) is 104 Å². The second-order valence-corrected chi connectivity index (χ2v) is 7.61. The summed E-state index contributed by atoms with van der Waals surface area (Å²) in [5.41, 5.74) is 0. The number of aliphatic hydroxyl groups excluding tert-OH is 1. The summed E-state index contributed by atoms with van der Waals surface area (Å²) >= 11 is 0.888. The molecule has 1 heterocycles. The van der Waals surface area contributed by atoms with Crippen LogP contribution in [-0.4, -0.2) is 37.2 Å². The molecule has 3 N–H and O–H groups in total. The van der Waals surface area contributed by atoms with Crippen molar-refractivity contribution in [1.29, 1.82) is 0 Å². The molecule has 20 heavy (non-hydrogen) atoms. The molecule has 0 radical (unpaired) electrons. The van der Waals surface area contributed by atoms with Crippen LogP contribution in [-0.2, 0) is 10.0 Å². The smallest absolute Gasteiger partial charge is 0.347 e. The number of nitrogens with one attached hydrogen (secondary N) is 1. The van der Waals surface area contributed by atoms with Gasteiger partial charge in [-0.2, -0.15) is 0 Å². The Labute approximate surface area is 121 Å². The molecule has 2 atom stereocenters. The molecule has 0 aromatic carbocycles. The summed E-state index contributed by atoms with van der Waals surface area (Å²) < 4.78 is 26.7. The van der Waals surface area contributed by atoms with Crippen LogP contribution in [0.5, 0.6) is 0 Å². The zero-order valence-corrected chi connectivity index (χ0v) is 12.4. The average Bonchev–Trinajstić information content (AvgIpc) is 2.87. The van der Waals surface area contributed by atoms with Crippen LogP contribution in [0.1, 0.15) is 35.4 Å². The first-order chi connectivity index (χ1) is 9.40. The average molecular weight is 319 g/mol. The molecule has 6 nitrogen and oxygen atoms in total. The van der Waals surface area contributed by atoms with E-state index in [9.17, 15) is 18.3 Å². The van der Waals surface area contributed by atoms with Gasteiger partial charge in [0, 0.05) is 6.54 Å². The molecule has 0 saturated heterocycles. The van der Waals surface area contributed by atoms with Crippen LogP contribution < -0.4 is 4.72 Å². The number of thiophene rings is 1. The van der Waals surface area contributed by atoms with Crippen LogP contribution in [0.4, 0.5) is 0 Å². The van der Waals surface area contributed by atoms with Crippen LogP contribution >= 0.6 is 11.3 Å². The summed E-state index contributed by atoms with van der Waals surface area (Å²) in [5, 5.41) is 20.0. The molecule has 0 aliphatic heterocycles. The lowest BCUT2D eigenvalue weighted by atomic mass is 9.87. The van der Waals surface area contributed by atoms with Gasteiger partial charge in [0.2, 0.25) is 10.0 Å². The van der Waals surface area contributed by atoms with Gasteiger partial charge < -0.3 is 10.2 Å². The Morgan fingerprint density at radius 3 is 2.85 bits per heavy atom. The van der Waals surface area contributed by atoms with E-state index >= 15 is 0 Å². The third-order valence-electron chi connectivity index (χ3n) is 3.43. The second-order valence-electron chi connectivity index (χ2n) is 4.96. The Bertz CT molecular complexity index is 580. The first-order valence-corrected chi connectivity index (χ1v) is 8.75. The number of hydrogen-bond donors (Lipinski definition) is 3. The third kappa shape index (κ3) is 3.57. The Kier molecular flexibility index (Phi) is 4.79. The van der Waals surface area contributed by atoms with Gasteiger partial charge in [-0.1, -0.05) is 6.42 Å². The van der Waals surface area contributed by atoms with Gasteiger partial charge in [0.1, 0.15) is 9.77 Å². The van der Waals surface area contributed by atoms with Gasteiger partial charge in [-0.15, -0.1) is 11.3 Å². The molecule has 0 spiro atoms. The van der Waals surface area contributed by atoms with Gasteiger partial charge in [0.05, 0.1) is 6.10 Å². The van der Waals surface area contributed by atoms with E-state index in [1.165, 1.54) is 11.4 Å². The highest BCUT2D eigenvalue weighted by Gasteiger charge is 2.26. The molecule has 112 valence electrons. The van der Waals surface area contributed by atoms with Gasteiger partial charge in [0.15, 0.2) is 0 Å². The summed E-state index contributed by atoms with van der Waals surface area (Å²) in [6.45, 7) is 0.230. The van der Waals surface area contributed by atoms with Gasteiger partial charge in [-0.05, 0) is 36.6 Å². The number of sulfonamides is 1. The maximum absolute atomic E-state index is 12.1. The van der Waals surface area contributed by atoms with E-state index in [4.69, 9.17) is 5.11 Å². The minimum absolute atomic E-state index is 0.0976. The first kappa shape index (κ1) is 15.4. The van der Waals surface area contributed by atoms with E-state index in [0.29, 0.717) is 6.42 Å². The maximum atomic E-state index is 12.1. The first-order valence-electron chi connectivity index (χ1n) is 6.38. The van der Waals surface area contributed by atoms with Crippen LogP contribution in [0.3, 0.4) is 0 Å². The van der Waals surface area contributed by atoms with Crippen molar-refractivity contribution < 1.29 is 23.4 Å². The minimum atomic E-state index is -3.81. The molecule has 2 rings (SSSR count). The molecule has 1 aromatic rings. The number of aliphatic hydroxyl groups is 1. The van der Waals surface area contributed by atoms with Crippen molar-refractivity contribution in [3.63, 3.8) is 0 Å². The highest BCUT2D eigenvalue weighted by atomic mass is 32.2. The molecule has 0 bridgehead atoms. The molecular weight excluding hydrogens is 302 g/mol. The van der Waals surface area contributed by atoms with E-state index in [1.807, 2.05) is 0 Å². The highest BCUT2D eigenvalue weighted by Crippen LogP contribution is 2.25. The predicted octanol–water partition coefficient (Wildman–Crippen LogP) is 1.28.